The van der Waals surface area contributed by atoms with Gasteiger partial charge in [0.15, 0.2) is 5.96 Å². The Morgan fingerprint density at radius 1 is 0.588 bits per heavy atom. The number of nitrogens with two attached hydrogens (primary N) is 3. The van der Waals surface area contributed by atoms with Crippen molar-refractivity contribution in [2.75, 3.05) is 19.6 Å². The zero-order chi connectivity index (χ0) is 64.0. The number of rotatable bonds is 34. The molecule has 2 aliphatic heterocycles. The molecule has 0 unspecified atom stereocenters. The van der Waals surface area contributed by atoms with Crippen molar-refractivity contribution in [2.45, 2.75) is 177 Å². The molecule has 0 aliphatic carbocycles. The second-order valence-electron chi connectivity index (χ2n) is 20.8. The van der Waals surface area contributed by atoms with Crippen LogP contribution in [0.4, 0.5) is 0 Å². The molecule has 9 amide bonds. The summed E-state index contributed by atoms with van der Waals surface area (Å²) in [5, 5.41) is 85.8. The minimum atomic E-state index is -2.02. The summed E-state index contributed by atoms with van der Waals surface area (Å²) in [7, 11) is 0. The van der Waals surface area contributed by atoms with Crippen LogP contribution in [0, 0.1) is 5.92 Å². The van der Waals surface area contributed by atoms with E-state index in [9.17, 15) is 93.0 Å². The number of likely N-dealkylation sites (tertiary alicyclic amines) is 2. The summed E-state index contributed by atoms with van der Waals surface area (Å²) >= 11 is 0. The lowest BCUT2D eigenvalue weighted by molar-refractivity contribution is -0.147. The first-order chi connectivity index (χ1) is 39.9. The summed E-state index contributed by atoms with van der Waals surface area (Å²) in [6.07, 6.45) is -6.13. The molecule has 33 heteroatoms. The molecule has 0 aromatic heterocycles. The zero-order valence-corrected chi connectivity index (χ0v) is 47.4. The van der Waals surface area contributed by atoms with Gasteiger partial charge in [0.1, 0.15) is 60.1 Å². The number of aliphatic imine (C=N–C) groups is 1. The number of carboxylic acids is 4. The van der Waals surface area contributed by atoms with Crippen LogP contribution in [0.5, 0.6) is 5.75 Å². The standard InChI is InChI=1S/C52H79N13O20/c1-5-24(2)39(61-45(78)35-11-7-19-64(35)49(82)29(53)16-17-36(69)70)46(79)62-41(26(4)67)48(81)63-40(25(3)66)47(80)59-32(23-38(73)74)50(83)65-20-8-10-34(65)44(77)57-30(9-6-18-56-52(54)55)42(75)58-31(22-37(71)72)43(76)60-33(51(84)85)21-27-12-14-28(68)15-13-27/h12-15,24-26,29-35,39-41,66-68H,5-11,16-23,53H2,1-4H3,(H,57,77)(H,58,75)(H,59,80)(H,60,76)(H,61,78)(H,62,79)(H,63,81)(H,69,70)(H,71,72)(H,73,74)(H,84,85)(H4,54,55,56)/t24-,25+,26+,29-,30-,31-,32-,33-,34-,35-,39-,40-,41-/m0/s1. The van der Waals surface area contributed by atoms with Crippen LogP contribution in [0.3, 0.4) is 0 Å². The minimum Gasteiger partial charge on any atom is -0.508 e. The number of aromatic hydroxyl groups is 1. The summed E-state index contributed by atoms with van der Waals surface area (Å²) in [5.74, 6) is -16.7. The molecular formula is C52H79N13O20. The number of nitrogens with zero attached hydrogens (tertiary/aromatic N) is 3. The Morgan fingerprint density at radius 3 is 1.55 bits per heavy atom. The van der Waals surface area contributed by atoms with E-state index in [-0.39, 0.29) is 82.7 Å². The van der Waals surface area contributed by atoms with Gasteiger partial charge in [-0.2, -0.15) is 0 Å². The van der Waals surface area contributed by atoms with Gasteiger partial charge in [-0.1, -0.05) is 32.4 Å². The van der Waals surface area contributed by atoms with Gasteiger partial charge in [-0.15, -0.1) is 0 Å². The summed E-state index contributed by atoms with van der Waals surface area (Å²) in [4.78, 5) is 178. The lowest BCUT2D eigenvalue weighted by atomic mass is 9.96. The number of carbonyl (C=O) groups excluding carboxylic acids is 9. The molecule has 2 heterocycles. The number of nitrogens with one attached hydrogen (secondary N) is 7. The topological polar surface area (TPSA) is 545 Å². The fourth-order valence-electron chi connectivity index (χ4n) is 9.34. The van der Waals surface area contributed by atoms with E-state index in [0.29, 0.717) is 12.0 Å². The fraction of sp³-hybridized carbons (Fsp3) is 0.615. The number of phenols is 1. The monoisotopic (exact) mass is 1210 g/mol. The van der Waals surface area contributed by atoms with Gasteiger partial charge in [0.2, 0.25) is 53.2 Å². The third-order valence-electron chi connectivity index (χ3n) is 14.2. The molecule has 20 N–H and O–H groups in total. The third kappa shape index (κ3) is 22.1. The molecule has 2 aliphatic rings. The van der Waals surface area contributed by atoms with Gasteiger partial charge in [-0.3, -0.25) is 62.5 Å². The number of aliphatic hydroxyl groups is 2. The molecule has 0 saturated carbocycles. The first-order valence-electron chi connectivity index (χ1n) is 27.4. The van der Waals surface area contributed by atoms with Gasteiger partial charge in [0.05, 0.1) is 31.1 Å². The molecule has 472 valence electrons. The number of carbonyl (C=O) groups is 13. The summed E-state index contributed by atoms with van der Waals surface area (Å²) in [6, 6.07) is -11.0. The van der Waals surface area contributed by atoms with Gasteiger partial charge < -0.3 is 100.0 Å². The Kier molecular flexibility index (Phi) is 27.8. The first-order valence-corrected chi connectivity index (χ1v) is 27.4. The van der Waals surface area contributed by atoms with Crippen LogP contribution in [0.25, 0.3) is 0 Å². The number of hydrogen-bond donors (Lipinski definition) is 17. The van der Waals surface area contributed by atoms with Crippen LogP contribution < -0.4 is 54.4 Å². The van der Waals surface area contributed by atoms with Crippen molar-refractivity contribution in [1.29, 1.82) is 0 Å². The molecule has 85 heavy (non-hydrogen) atoms. The smallest absolute Gasteiger partial charge is 0.326 e. The van der Waals surface area contributed by atoms with Gasteiger partial charge in [-0.25, -0.2) is 4.79 Å². The fourth-order valence-corrected chi connectivity index (χ4v) is 9.34. The van der Waals surface area contributed by atoms with E-state index in [0.717, 1.165) is 18.7 Å². The molecule has 13 atom stereocenters. The zero-order valence-electron chi connectivity index (χ0n) is 47.4. The molecule has 0 radical (unpaired) electrons. The van der Waals surface area contributed by atoms with Crippen molar-refractivity contribution >= 4 is 83.0 Å². The Morgan fingerprint density at radius 2 is 1.06 bits per heavy atom. The molecule has 1 aromatic carbocycles. The van der Waals surface area contributed by atoms with Crippen LogP contribution in [0.2, 0.25) is 0 Å². The van der Waals surface area contributed by atoms with E-state index in [1.54, 1.807) is 13.8 Å². The van der Waals surface area contributed by atoms with Crippen molar-refractivity contribution in [3.63, 3.8) is 0 Å². The molecule has 0 bridgehead atoms. The normalized spacial score (nSPS) is 18.6. The van der Waals surface area contributed by atoms with Crippen molar-refractivity contribution in [2.24, 2.45) is 28.1 Å². The van der Waals surface area contributed by atoms with Gasteiger partial charge in [0.25, 0.3) is 0 Å². The van der Waals surface area contributed by atoms with Crippen molar-refractivity contribution in [1.82, 2.24) is 47.0 Å². The highest BCUT2D eigenvalue weighted by Gasteiger charge is 2.43. The lowest BCUT2D eigenvalue weighted by Crippen LogP contribution is -2.64. The van der Waals surface area contributed by atoms with Gasteiger partial charge in [0, 0.05) is 32.5 Å². The third-order valence-corrected chi connectivity index (χ3v) is 14.2. The predicted molar refractivity (Wildman–Crippen MR) is 295 cm³/mol. The molecule has 3 rings (SSSR count). The largest absolute Gasteiger partial charge is 0.508 e. The molecular weight excluding hydrogens is 1130 g/mol. The van der Waals surface area contributed by atoms with E-state index in [1.165, 1.54) is 29.2 Å². The molecule has 2 saturated heterocycles. The molecule has 0 spiro atoms. The highest BCUT2D eigenvalue weighted by atomic mass is 16.4. The highest BCUT2D eigenvalue weighted by Crippen LogP contribution is 2.23. The number of amides is 9. The van der Waals surface area contributed by atoms with Crippen molar-refractivity contribution in [3.8, 4) is 5.75 Å². The Labute approximate surface area is 487 Å². The second-order valence-corrected chi connectivity index (χ2v) is 20.8. The molecule has 2 fully saturated rings. The second kappa shape index (κ2) is 33.5. The maximum Gasteiger partial charge on any atom is 0.326 e. The van der Waals surface area contributed by atoms with E-state index >= 15 is 0 Å². The van der Waals surface area contributed by atoms with Crippen LogP contribution >= 0.6 is 0 Å². The Hall–Kier alpha value is -8.72. The maximum absolute atomic E-state index is 14.3. The van der Waals surface area contributed by atoms with Gasteiger partial charge >= 0.3 is 23.9 Å². The highest BCUT2D eigenvalue weighted by molar-refractivity contribution is 6.00. The number of benzene rings is 1. The van der Waals surface area contributed by atoms with Crippen LogP contribution in [0.1, 0.15) is 104 Å². The van der Waals surface area contributed by atoms with Crippen LogP contribution in [0.15, 0.2) is 29.3 Å². The number of hydrogen-bond acceptors (Lipinski definition) is 18. The van der Waals surface area contributed by atoms with Crippen molar-refractivity contribution in [3.05, 3.63) is 29.8 Å². The van der Waals surface area contributed by atoms with Crippen molar-refractivity contribution < 1.29 is 98.1 Å². The quantitative estimate of drug-likeness (QED) is 0.0174. The summed E-state index contributed by atoms with van der Waals surface area (Å²) < 4.78 is 0. The Bertz CT molecular complexity index is 2620. The number of phenolic OH excluding ortho intramolecular Hbond substituents is 1. The number of guanidine groups is 1. The predicted octanol–water partition coefficient (Wildman–Crippen LogP) is -5.60. The summed E-state index contributed by atoms with van der Waals surface area (Å²) in [6.45, 7) is 5.20. The van der Waals surface area contributed by atoms with Crippen LogP contribution in [-0.2, 0) is 68.7 Å². The molecule has 33 nitrogen and oxygen atoms in total. The Balaban J connectivity index is 1.82. The minimum absolute atomic E-state index is 0.0253. The number of carboxylic acid groups (broad SMARTS) is 4. The number of aliphatic hydroxyl groups excluding tert-OH is 2. The SMILES string of the molecule is CC[C@H](C)[C@H](NC(=O)[C@@H]1CCCN1C(=O)[C@@H](N)CCC(=O)O)C(=O)N[C@H](C(=O)N[C@H](C(=O)N[C@@H](CC(=O)O)C(=O)N1CCC[C@H]1C(=O)N[C@@H](CCCN=C(N)N)C(=O)N[C@@H](CC(=O)O)C(=O)N[C@@H](Cc1ccc(O)cc1)C(=O)O)[C@@H](C)O)[C@@H](C)O. The number of aliphatic carboxylic acids is 4. The summed E-state index contributed by atoms with van der Waals surface area (Å²) in [5.41, 5.74) is 17.2. The lowest BCUT2D eigenvalue weighted by Gasteiger charge is -2.32. The van der Waals surface area contributed by atoms with E-state index < -0.39 is 175 Å². The first kappa shape index (κ1) is 70.5. The molecule has 1 aromatic rings. The average Bonchev–Trinajstić information content (AvgIpc) is 3.54. The average molecular weight is 1210 g/mol. The van der Waals surface area contributed by atoms with E-state index in [2.05, 4.69) is 42.2 Å². The van der Waals surface area contributed by atoms with Gasteiger partial charge in [-0.05, 0) is 82.4 Å². The maximum atomic E-state index is 14.3. The van der Waals surface area contributed by atoms with E-state index in [4.69, 9.17) is 22.3 Å². The van der Waals surface area contributed by atoms with E-state index in [1.807, 2.05) is 0 Å². The van der Waals surface area contributed by atoms with Crippen LogP contribution in [-0.4, -0.2) is 221 Å².